The number of likely N-dealkylation sites (tertiary alicyclic amines) is 1. The van der Waals surface area contributed by atoms with Crippen molar-refractivity contribution in [3.63, 3.8) is 0 Å². The molecule has 3 aliphatic rings. The lowest BCUT2D eigenvalue weighted by Crippen LogP contribution is -2.40. The summed E-state index contributed by atoms with van der Waals surface area (Å²) in [5, 5.41) is 3.34. The quantitative estimate of drug-likeness (QED) is 0.926. The third-order valence-corrected chi connectivity index (χ3v) is 6.03. The molecular formula is C20H29N3O. The maximum absolute atomic E-state index is 12.7. The van der Waals surface area contributed by atoms with Gasteiger partial charge in [-0.25, -0.2) is 4.79 Å². The molecule has 3 atom stereocenters. The molecule has 0 unspecified atom stereocenters. The van der Waals surface area contributed by atoms with Crippen molar-refractivity contribution in [1.29, 1.82) is 0 Å². The molecule has 0 aromatic heterocycles. The summed E-state index contributed by atoms with van der Waals surface area (Å²) < 4.78 is 0. The summed E-state index contributed by atoms with van der Waals surface area (Å²) in [6.07, 6.45) is 6.00. The zero-order valence-corrected chi connectivity index (χ0v) is 14.9. The number of nitrogens with one attached hydrogen (secondary N) is 1. The summed E-state index contributed by atoms with van der Waals surface area (Å²) in [6, 6.07) is 7.03. The first-order valence-corrected chi connectivity index (χ1v) is 9.43. The largest absolute Gasteiger partial charge is 0.331 e. The number of rotatable bonds is 3. The Balaban J connectivity index is 1.42. The first kappa shape index (κ1) is 15.9. The Bertz CT molecular complexity index is 627. The molecule has 0 radical (unpaired) electrons. The Labute approximate surface area is 145 Å². The van der Waals surface area contributed by atoms with Crippen LogP contribution in [0.1, 0.15) is 54.3 Å². The molecular weight excluding hydrogens is 298 g/mol. The molecule has 1 saturated heterocycles. The number of urea groups is 1. The molecule has 1 aromatic rings. The first-order chi connectivity index (χ1) is 11.6. The van der Waals surface area contributed by atoms with Gasteiger partial charge in [0.05, 0.1) is 6.04 Å². The molecule has 0 spiro atoms. The van der Waals surface area contributed by atoms with E-state index in [0.717, 1.165) is 32.5 Å². The highest BCUT2D eigenvalue weighted by Gasteiger charge is 2.36. The van der Waals surface area contributed by atoms with Crippen LogP contribution in [0.4, 0.5) is 4.79 Å². The van der Waals surface area contributed by atoms with Crippen molar-refractivity contribution in [2.75, 3.05) is 33.7 Å². The summed E-state index contributed by atoms with van der Waals surface area (Å²) in [4.78, 5) is 17.0. The molecule has 1 aromatic carbocycles. The maximum Gasteiger partial charge on any atom is 0.317 e. The second kappa shape index (κ2) is 6.40. The molecule has 1 heterocycles. The van der Waals surface area contributed by atoms with Crippen molar-refractivity contribution in [2.45, 2.75) is 44.1 Å². The van der Waals surface area contributed by atoms with E-state index in [1.54, 1.807) is 5.56 Å². The lowest BCUT2D eigenvalue weighted by molar-refractivity contribution is 0.200. The Kier molecular flexibility index (Phi) is 4.25. The Morgan fingerprint density at radius 2 is 2.21 bits per heavy atom. The number of nitrogens with zero attached hydrogens (tertiary/aromatic N) is 2. The maximum atomic E-state index is 12.7. The standard InChI is InChI=1S/C20H29N3O/c1-22(2)12-14-9-10-23(13-14)20(24)21-18-11-16-7-3-5-15-6-4-8-17(18)19(15)16/h4,6,8,14,16,18H,3,5,7,9-13H2,1-2H3,(H,21,24)/t14-,16+,18+/m0/s1. The van der Waals surface area contributed by atoms with Crippen LogP contribution in [0.5, 0.6) is 0 Å². The van der Waals surface area contributed by atoms with Crippen LogP contribution in [-0.4, -0.2) is 49.6 Å². The van der Waals surface area contributed by atoms with Gasteiger partial charge in [0.1, 0.15) is 0 Å². The third-order valence-electron chi connectivity index (χ3n) is 6.03. The molecule has 24 heavy (non-hydrogen) atoms. The fourth-order valence-electron chi connectivity index (χ4n) is 5.04. The fraction of sp³-hybridized carbons (Fsp3) is 0.650. The Hall–Kier alpha value is -1.55. The van der Waals surface area contributed by atoms with Crippen molar-refractivity contribution >= 4 is 6.03 Å². The summed E-state index contributed by atoms with van der Waals surface area (Å²) in [5.74, 6) is 1.28. The molecule has 0 saturated carbocycles. The number of hydrogen-bond donors (Lipinski definition) is 1. The highest BCUT2D eigenvalue weighted by Crippen LogP contribution is 2.47. The lowest BCUT2D eigenvalue weighted by Gasteiger charge is -2.22. The van der Waals surface area contributed by atoms with Gasteiger partial charge in [-0.3, -0.25) is 0 Å². The van der Waals surface area contributed by atoms with Gasteiger partial charge in [-0.1, -0.05) is 18.2 Å². The summed E-state index contributed by atoms with van der Waals surface area (Å²) in [6.45, 7) is 2.86. The van der Waals surface area contributed by atoms with Crippen LogP contribution in [0, 0.1) is 5.92 Å². The van der Waals surface area contributed by atoms with E-state index >= 15 is 0 Å². The number of aryl methyl sites for hydroxylation is 1. The number of hydrogen-bond acceptors (Lipinski definition) is 2. The minimum atomic E-state index is 0.137. The molecule has 2 amide bonds. The van der Waals surface area contributed by atoms with Crippen LogP contribution in [0.2, 0.25) is 0 Å². The van der Waals surface area contributed by atoms with Gasteiger partial charge < -0.3 is 15.1 Å². The highest BCUT2D eigenvalue weighted by molar-refractivity contribution is 5.75. The predicted octanol–water partition coefficient (Wildman–Crippen LogP) is 3.14. The van der Waals surface area contributed by atoms with Gasteiger partial charge in [0.25, 0.3) is 0 Å². The molecule has 4 rings (SSSR count). The van der Waals surface area contributed by atoms with Gasteiger partial charge in [-0.15, -0.1) is 0 Å². The van der Waals surface area contributed by atoms with Crippen LogP contribution in [0.25, 0.3) is 0 Å². The van der Waals surface area contributed by atoms with Crippen molar-refractivity contribution in [1.82, 2.24) is 15.1 Å². The average Bonchev–Trinajstić information content (AvgIpc) is 3.14. The third kappa shape index (κ3) is 2.92. The van der Waals surface area contributed by atoms with Gasteiger partial charge in [-0.05, 0) is 74.7 Å². The highest BCUT2D eigenvalue weighted by atomic mass is 16.2. The van der Waals surface area contributed by atoms with Gasteiger partial charge in [0, 0.05) is 19.6 Å². The van der Waals surface area contributed by atoms with Gasteiger partial charge in [0.2, 0.25) is 0 Å². The van der Waals surface area contributed by atoms with Crippen LogP contribution in [0.3, 0.4) is 0 Å². The molecule has 1 fully saturated rings. The monoisotopic (exact) mass is 327 g/mol. The Morgan fingerprint density at radius 3 is 3.04 bits per heavy atom. The predicted molar refractivity (Wildman–Crippen MR) is 96.2 cm³/mol. The smallest absolute Gasteiger partial charge is 0.317 e. The van der Waals surface area contributed by atoms with Crippen molar-refractivity contribution < 1.29 is 4.79 Å². The van der Waals surface area contributed by atoms with E-state index in [1.165, 1.54) is 30.4 Å². The van der Waals surface area contributed by atoms with Crippen molar-refractivity contribution in [3.05, 3.63) is 34.9 Å². The molecule has 2 aliphatic carbocycles. The zero-order valence-electron chi connectivity index (χ0n) is 14.9. The average molecular weight is 327 g/mol. The topological polar surface area (TPSA) is 35.6 Å². The van der Waals surface area contributed by atoms with Crippen LogP contribution < -0.4 is 5.32 Å². The van der Waals surface area contributed by atoms with Crippen LogP contribution in [0.15, 0.2) is 18.2 Å². The SMILES string of the molecule is CN(C)C[C@@H]1CCN(C(=O)N[C@@H]2C[C@H]3CCCc4cccc2c43)C1. The van der Waals surface area contributed by atoms with E-state index < -0.39 is 0 Å². The lowest BCUT2D eigenvalue weighted by atomic mass is 9.84. The van der Waals surface area contributed by atoms with E-state index in [0.29, 0.717) is 11.8 Å². The number of amides is 2. The normalized spacial score (nSPS) is 28.3. The molecule has 0 bridgehead atoms. The van der Waals surface area contributed by atoms with E-state index in [2.05, 4.69) is 42.5 Å². The van der Waals surface area contributed by atoms with E-state index in [9.17, 15) is 4.79 Å². The Morgan fingerprint density at radius 1 is 1.33 bits per heavy atom. The minimum absolute atomic E-state index is 0.137. The molecule has 1 aliphatic heterocycles. The van der Waals surface area contributed by atoms with Crippen molar-refractivity contribution in [2.24, 2.45) is 5.92 Å². The first-order valence-electron chi connectivity index (χ1n) is 9.43. The minimum Gasteiger partial charge on any atom is -0.331 e. The fourth-order valence-corrected chi connectivity index (χ4v) is 5.04. The molecule has 4 nitrogen and oxygen atoms in total. The van der Waals surface area contributed by atoms with E-state index in [4.69, 9.17) is 0 Å². The second-order valence-corrected chi connectivity index (χ2v) is 8.11. The number of carbonyl (C=O) groups excluding carboxylic acids is 1. The van der Waals surface area contributed by atoms with Gasteiger partial charge >= 0.3 is 6.03 Å². The summed E-state index contributed by atoms with van der Waals surface area (Å²) in [7, 11) is 4.22. The molecule has 1 N–H and O–H groups in total. The summed E-state index contributed by atoms with van der Waals surface area (Å²) >= 11 is 0. The van der Waals surface area contributed by atoms with E-state index in [-0.39, 0.29) is 12.1 Å². The van der Waals surface area contributed by atoms with Crippen LogP contribution in [-0.2, 0) is 6.42 Å². The van der Waals surface area contributed by atoms with Crippen LogP contribution >= 0.6 is 0 Å². The molecule has 130 valence electrons. The summed E-state index contributed by atoms with van der Waals surface area (Å²) in [5.41, 5.74) is 4.46. The van der Waals surface area contributed by atoms with Gasteiger partial charge in [-0.2, -0.15) is 0 Å². The molecule has 4 heteroatoms. The van der Waals surface area contributed by atoms with Gasteiger partial charge in [0.15, 0.2) is 0 Å². The zero-order chi connectivity index (χ0) is 16.7. The second-order valence-electron chi connectivity index (χ2n) is 8.11. The van der Waals surface area contributed by atoms with Crippen molar-refractivity contribution in [3.8, 4) is 0 Å². The van der Waals surface area contributed by atoms with E-state index in [1.807, 2.05) is 4.90 Å². The number of benzene rings is 1. The number of carbonyl (C=O) groups is 1.